The van der Waals surface area contributed by atoms with Crippen molar-refractivity contribution in [1.29, 1.82) is 0 Å². The van der Waals surface area contributed by atoms with Crippen molar-refractivity contribution in [3.63, 3.8) is 0 Å². The summed E-state index contributed by atoms with van der Waals surface area (Å²) in [6.45, 7) is 0. The van der Waals surface area contributed by atoms with Gasteiger partial charge in [-0.15, -0.1) is 0 Å². The number of aliphatic hydroxyl groups is 1. The largest absolute Gasteiger partial charge is 0.391 e. The molecule has 2 N–H and O–H groups in total. The van der Waals surface area contributed by atoms with Gasteiger partial charge in [-0.2, -0.15) is 15.0 Å². The molecule has 1 fully saturated rings. The molecule has 1 aliphatic rings. The van der Waals surface area contributed by atoms with Crippen LogP contribution in [0.2, 0.25) is 5.28 Å². The smallest absolute Gasteiger partial charge is 0.227 e. The molecule has 0 aliphatic heterocycles. The molecule has 0 amide bonds. The third-order valence-corrected chi connectivity index (χ3v) is 3.85. The number of rotatable bonds is 3. The highest BCUT2D eigenvalue weighted by molar-refractivity contribution is 6.28. The molecule has 2 aromatic rings. The van der Waals surface area contributed by atoms with Crippen molar-refractivity contribution in [2.45, 2.75) is 37.8 Å². The molecule has 2 atom stereocenters. The minimum absolute atomic E-state index is 0.0270. The van der Waals surface area contributed by atoms with Crippen LogP contribution >= 0.6 is 11.6 Å². The molecule has 1 aromatic carbocycles. The second-order valence-electron chi connectivity index (χ2n) is 5.22. The summed E-state index contributed by atoms with van der Waals surface area (Å²) in [5.41, 5.74) is 0.883. The number of nitrogens with one attached hydrogen (secondary N) is 1. The van der Waals surface area contributed by atoms with E-state index in [2.05, 4.69) is 20.3 Å². The second-order valence-corrected chi connectivity index (χ2v) is 5.56. The van der Waals surface area contributed by atoms with Crippen LogP contribution in [0.3, 0.4) is 0 Å². The quantitative estimate of drug-likeness (QED) is 0.912. The van der Waals surface area contributed by atoms with Crippen LogP contribution in [0.5, 0.6) is 0 Å². The van der Waals surface area contributed by atoms with Gasteiger partial charge in [0.05, 0.1) is 12.1 Å². The molecule has 1 aromatic heterocycles. The fourth-order valence-electron chi connectivity index (χ4n) is 2.58. The van der Waals surface area contributed by atoms with Gasteiger partial charge < -0.3 is 10.4 Å². The Hall–Kier alpha value is -1.72. The first-order valence-electron chi connectivity index (χ1n) is 7.14. The average Bonchev–Trinajstić information content (AvgIpc) is 2.50. The predicted molar refractivity (Wildman–Crippen MR) is 82.2 cm³/mol. The van der Waals surface area contributed by atoms with E-state index in [1.54, 1.807) is 0 Å². The number of nitrogens with zero attached hydrogens (tertiary/aromatic N) is 3. The highest BCUT2D eigenvalue weighted by Crippen LogP contribution is 2.23. The Balaban J connectivity index is 1.84. The summed E-state index contributed by atoms with van der Waals surface area (Å²) < 4.78 is 0. The molecule has 2 unspecified atom stereocenters. The van der Waals surface area contributed by atoms with Crippen molar-refractivity contribution in [2.24, 2.45) is 0 Å². The standard InChI is InChI=1S/C15H17ClN4O/c16-14-18-13(10-6-2-1-3-7-10)19-15(20-14)17-11-8-4-5-9-12(11)21/h1-3,6-7,11-12,21H,4-5,8-9H2,(H,17,18,19,20). The lowest BCUT2D eigenvalue weighted by Crippen LogP contribution is -2.36. The Bertz CT molecular complexity index is 608. The van der Waals surface area contributed by atoms with E-state index in [0.717, 1.165) is 31.2 Å². The van der Waals surface area contributed by atoms with Crippen LogP contribution in [0.15, 0.2) is 30.3 Å². The summed E-state index contributed by atoms with van der Waals surface area (Å²) >= 11 is 5.99. The van der Waals surface area contributed by atoms with E-state index in [0.29, 0.717) is 11.8 Å². The molecule has 0 bridgehead atoms. The van der Waals surface area contributed by atoms with Gasteiger partial charge in [-0.25, -0.2) is 0 Å². The minimum Gasteiger partial charge on any atom is -0.391 e. The molecule has 0 radical (unpaired) electrons. The van der Waals surface area contributed by atoms with E-state index in [1.807, 2.05) is 30.3 Å². The van der Waals surface area contributed by atoms with Crippen LogP contribution in [-0.2, 0) is 0 Å². The summed E-state index contributed by atoms with van der Waals surface area (Å²) in [5, 5.41) is 13.4. The maximum Gasteiger partial charge on any atom is 0.227 e. The van der Waals surface area contributed by atoms with Crippen molar-refractivity contribution in [1.82, 2.24) is 15.0 Å². The summed E-state index contributed by atoms with van der Waals surface area (Å²) in [6.07, 6.45) is 3.51. The molecule has 6 heteroatoms. The zero-order valence-corrected chi connectivity index (χ0v) is 12.3. The van der Waals surface area contributed by atoms with Crippen molar-refractivity contribution in [2.75, 3.05) is 5.32 Å². The van der Waals surface area contributed by atoms with E-state index in [-0.39, 0.29) is 17.4 Å². The molecule has 21 heavy (non-hydrogen) atoms. The lowest BCUT2D eigenvalue weighted by molar-refractivity contribution is 0.116. The van der Waals surface area contributed by atoms with Crippen molar-refractivity contribution >= 4 is 17.5 Å². The number of hydrogen-bond donors (Lipinski definition) is 2. The highest BCUT2D eigenvalue weighted by Gasteiger charge is 2.23. The molecule has 3 rings (SSSR count). The van der Waals surface area contributed by atoms with Crippen molar-refractivity contribution in [3.05, 3.63) is 35.6 Å². The number of benzene rings is 1. The molecule has 5 nitrogen and oxygen atoms in total. The minimum atomic E-state index is -0.366. The van der Waals surface area contributed by atoms with Gasteiger partial charge in [0.1, 0.15) is 0 Å². The van der Waals surface area contributed by atoms with Crippen molar-refractivity contribution in [3.8, 4) is 11.4 Å². The van der Waals surface area contributed by atoms with Crippen LogP contribution in [0.25, 0.3) is 11.4 Å². The maximum atomic E-state index is 10.0. The van der Waals surface area contributed by atoms with E-state index >= 15 is 0 Å². The zero-order valence-electron chi connectivity index (χ0n) is 11.5. The molecule has 0 spiro atoms. The first-order valence-corrected chi connectivity index (χ1v) is 7.52. The summed E-state index contributed by atoms with van der Waals surface area (Å²) in [6, 6.07) is 9.59. The van der Waals surface area contributed by atoms with Crippen LogP contribution in [0.4, 0.5) is 5.95 Å². The van der Waals surface area contributed by atoms with E-state index in [4.69, 9.17) is 11.6 Å². The van der Waals surface area contributed by atoms with Crippen LogP contribution in [-0.4, -0.2) is 32.2 Å². The van der Waals surface area contributed by atoms with E-state index < -0.39 is 0 Å². The summed E-state index contributed by atoms with van der Waals surface area (Å²) in [7, 11) is 0. The number of halogens is 1. The zero-order chi connectivity index (χ0) is 14.7. The first-order chi connectivity index (χ1) is 10.2. The second kappa shape index (κ2) is 6.37. The van der Waals surface area contributed by atoms with Crippen LogP contribution in [0, 0.1) is 0 Å². The van der Waals surface area contributed by atoms with Crippen molar-refractivity contribution < 1.29 is 5.11 Å². The van der Waals surface area contributed by atoms with Gasteiger partial charge in [0.25, 0.3) is 0 Å². The lowest BCUT2D eigenvalue weighted by atomic mass is 9.93. The Labute approximate surface area is 128 Å². The van der Waals surface area contributed by atoms with E-state index in [9.17, 15) is 5.11 Å². The van der Waals surface area contributed by atoms with Gasteiger partial charge in [0.15, 0.2) is 5.82 Å². The van der Waals surface area contributed by atoms with E-state index in [1.165, 1.54) is 0 Å². The SMILES string of the molecule is OC1CCCCC1Nc1nc(Cl)nc(-c2ccccc2)n1. The van der Waals surface area contributed by atoms with Gasteiger partial charge in [-0.3, -0.25) is 0 Å². The van der Waals surface area contributed by atoms with Crippen LogP contribution in [0.1, 0.15) is 25.7 Å². The number of anilines is 1. The van der Waals surface area contributed by atoms with Crippen LogP contribution < -0.4 is 5.32 Å². The number of hydrogen-bond acceptors (Lipinski definition) is 5. The fourth-order valence-corrected chi connectivity index (χ4v) is 2.74. The number of aliphatic hydroxyl groups excluding tert-OH is 1. The van der Waals surface area contributed by atoms with Gasteiger partial charge in [-0.1, -0.05) is 43.2 Å². The van der Waals surface area contributed by atoms with Gasteiger partial charge >= 0.3 is 0 Å². The molecular formula is C15H17ClN4O. The van der Waals surface area contributed by atoms with Gasteiger partial charge in [-0.05, 0) is 24.4 Å². The Morgan fingerprint density at radius 2 is 1.81 bits per heavy atom. The monoisotopic (exact) mass is 304 g/mol. The molecule has 1 saturated carbocycles. The molecule has 1 heterocycles. The molecule has 1 aliphatic carbocycles. The maximum absolute atomic E-state index is 10.0. The number of aromatic nitrogens is 3. The van der Waals surface area contributed by atoms with Gasteiger partial charge in [0.2, 0.25) is 11.2 Å². The Morgan fingerprint density at radius 1 is 1.05 bits per heavy atom. The Kier molecular flexibility index (Phi) is 4.31. The predicted octanol–water partition coefficient (Wildman–Crippen LogP) is 2.91. The first kappa shape index (κ1) is 14.2. The fraction of sp³-hybridized carbons (Fsp3) is 0.400. The lowest BCUT2D eigenvalue weighted by Gasteiger charge is -2.28. The normalized spacial score (nSPS) is 22.0. The molecular weight excluding hydrogens is 288 g/mol. The third kappa shape index (κ3) is 3.49. The third-order valence-electron chi connectivity index (χ3n) is 3.68. The summed E-state index contributed by atoms with van der Waals surface area (Å²) in [4.78, 5) is 12.7. The molecule has 0 saturated heterocycles. The molecule has 110 valence electrons. The topological polar surface area (TPSA) is 70.9 Å². The van der Waals surface area contributed by atoms with Gasteiger partial charge in [0, 0.05) is 5.56 Å². The Morgan fingerprint density at radius 3 is 2.57 bits per heavy atom. The highest BCUT2D eigenvalue weighted by atomic mass is 35.5. The average molecular weight is 305 g/mol. The summed E-state index contributed by atoms with van der Waals surface area (Å²) in [5.74, 6) is 0.947.